The van der Waals surface area contributed by atoms with Crippen LogP contribution in [0.4, 0.5) is 8.78 Å². The molecule has 2 rings (SSSR count). The molecule has 0 saturated carbocycles. The summed E-state index contributed by atoms with van der Waals surface area (Å²) in [5, 5.41) is 9.38. The number of likely N-dealkylation sites (tertiary alicyclic amines) is 1. The average Bonchev–Trinajstić information content (AvgIpc) is 2.46. The van der Waals surface area contributed by atoms with Crippen LogP contribution < -0.4 is 0 Å². The van der Waals surface area contributed by atoms with Crippen LogP contribution in [0.25, 0.3) is 0 Å². The van der Waals surface area contributed by atoms with Gasteiger partial charge in [0.2, 0.25) is 0 Å². The highest BCUT2D eigenvalue weighted by molar-refractivity contribution is 5.95. The first kappa shape index (κ1) is 15.4. The van der Waals surface area contributed by atoms with Gasteiger partial charge in [0.1, 0.15) is 17.2 Å². The largest absolute Gasteiger partial charge is 0.481 e. The first-order chi connectivity index (χ1) is 9.91. The third kappa shape index (κ3) is 2.75. The zero-order valence-electron chi connectivity index (χ0n) is 11.7. The fraction of sp³-hybridized carbons (Fsp3) is 0.467. The Hall–Kier alpha value is -1.98. The summed E-state index contributed by atoms with van der Waals surface area (Å²) in [5.41, 5.74) is -1.65. The molecule has 0 radical (unpaired) electrons. The van der Waals surface area contributed by atoms with Crippen molar-refractivity contribution in [3.05, 3.63) is 35.4 Å². The molecule has 1 atom stereocenters. The van der Waals surface area contributed by atoms with E-state index in [0.29, 0.717) is 25.8 Å². The molecule has 1 aromatic rings. The van der Waals surface area contributed by atoms with E-state index in [9.17, 15) is 23.5 Å². The number of carboxylic acid groups (broad SMARTS) is 1. The predicted octanol–water partition coefficient (Wildman–Crippen LogP) is 2.68. The van der Waals surface area contributed by atoms with Crippen LogP contribution in [0.1, 0.15) is 36.5 Å². The second-order valence-corrected chi connectivity index (χ2v) is 5.37. The molecule has 0 bridgehead atoms. The molecule has 21 heavy (non-hydrogen) atoms. The maximum atomic E-state index is 13.7. The minimum Gasteiger partial charge on any atom is -0.481 e. The van der Waals surface area contributed by atoms with Gasteiger partial charge < -0.3 is 10.0 Å². The van der Waals surface area contributed by atoms with Gasteiger partial charge in [-0.05, 0) is 31.4 Å². The van der Waals surface area contributed by atoms with Gasteiger partial charge in [0.15, 0.2) is 0 Å². The van der Waals surface area contributed by atoms with E-state index in [-0.39, 0.29) is 6.54 Å². The zero-order chi connectivity index (χ0) is 15.6. The molecule has 1 fully saturated rings. The summed E-state index contributed by atoms with van der Waals surface area (Å²) in [5.74, 6) is -3.62. The van der Waals surface area contributed by atoms with Crippen molar-refractivity contribution >= 4 is 11.9 Å². The quantitative estimate of drug-likeness (QED) is 0.933. The van der Waals surface area contributed by atoms with Gasteiger partial charge in [-0.25, -0.2) is 8.78 Å². The molecule has 0 aliphatic carbocycles. The normalized spacial score (nSPS) is 22.1. The lowest BCUT2D eigenvalue weighted by molar-refractivity contribution is -0.152. The average molecular weight is 297 g/mol. The van der Waals surface area contributed by atoms with Crippen molar-refractivity contribution in [2.75, 3.05) is 13.1 Å². The molecular formula is C15H17F2NO3. The van der Waals surface area contributed by atoms with Crippen LogP contribution in [0.2, 0.25) is 0 Å². The van der Waals surface area contributed by atoms with Crippen LogP contribution in [-0.4, -0.2) is 35.0 Å². The molecule has 114 valence electrons. The Labute approximate surface area is 121 Å². The lowest BCUT2D eigenvalue weighted by atomic mass is 9.77. The van der Waals surface area contributed by atoms with Crippen molar-refractivity contribution in [3.63, 3.8) is 0 Å². The molecule has 0 spiro atoms. The summed E-state index contributed by atoms with van der Waals surface area (Å²) in [6, 6.07) is 3.22. The number of amides is 1. The second-order valence-electron chi connectivity index (χ2n) is 5.37. The molecule has 1 amide bonds. The summed E-state index contributed by atoms with van der Waals surface area (Å²) >= 11 is 0. The van der Waals surface area contributed by atoms with E-state index in [1.165, 1.54) is 11.0 Å². The minimum atomic E-state index is -1.03. The summed E-state index contributed by atoms with van der Waals surface area (Å²) in [6.07, 6.45) is 1.33. The molecule has 0 aromatic heterocycles. The molecule has 6 heteroatoms. The standard InChI is InChI=1S/C15H17F2NO3/c1-2-15(14(20)21)7-4-8-18(9-15)13(19)12-10(16)5-3-6-11(12)17/h3,5-6H,2,4,7-9H2,1H3,(H,20,21). The van der Waals surface area contributed by atoms with Gasteiger partial charge in [0.05, 0.1) is 5.41 Å². The SMILES string of the molecule is CCC1(C(=O)O)CCCN(C(=O)c2c(F)cccc2F)C1. The number of aliphatic carboxylic acids is 1. The Morgan fingerprint density at radius 2 is 1.95 bits per heavy atom. The fourth-order valence-corrected chi connectivity index (χ4v) is 2.78. The molecule has 1 N–H and O–H groups in total. The Kier molecular flexibility index (Phi) is 4.25. The number of hydrogen-bond acceptors (Lipinski definition) is 2. The van der Waals surface area contributed by atoms with Crippen molar-refractivity contribution in [1.29, 1.82) is 0 Å². The van der Waals surface area contributed by atoms with E-state index >= 15 is 0 Å². The second kappa shape index (κ2) is 5.79. The van der Waals surface area contributed by atoms with E-state index in [1.54, 1.807) is 6.92 Å². The van der Waals surface area contributed by atoms with Gasteiger partial charge in [-0.3, -0.25) is 9.59 Å². The van der Waals surface area contributed by atoms with Crippen LogP contribution >= 0.6 is 0 Å². The Balaban J connectivity index is 2.30. The zero-order valence-corrected chi connectivity index (χ0v) is 11.7. The van der Waals surface area contributed by atoms with E-state index in [2.05, 4.69) is 0 Å². The number of nitrogens with zero attached hydrogens (tertiary/aromatic N) is 1. The maximum Gasteiger partial charge on any atom is 0.311 e. The summed E-state index contributed by atoms with van der Waals surface area (Å²) in [7, 11) is 0. The van der Waals surface area contributed by atoms with Crippen LogP contribution in [0.5, 0.6) is 0 Å². The highest BCUT2D eigenvalue weighted by atomic mass is 19.1. The monoisotopic (exact) mass is 297 g/mol. The lowest BCUT2D eigenvalue weighted by Gasteiger charge is -2.39. The molecule has 1 saturated heterocycles. The summed E-state index contributed by atoms with van der Waals surface area (Å²) in [6.45, 7) is 2.03. The van der Waals surface area contributed by atoms with Gasteiger partial charge in [-0.1, -0.05) is 13.0 Å². The molecular weight excluding hydrogens is 280 g/mol. The number of carboxylic acids is 1. The number of carbonyl (C=O) groups excluding carboxylic acids is 1. The summed E-state index contributed by atoms with van der Waals surface area (Å²) in [4.78, 5) is 25.0. The predicted molar refractivity (Wildman–Crippen MR) is 71.9 cm³/mol. The van der Waals surface area contributed by atoms with Crippen molar-refractivity contribution in [2.24, 2.45) is 5.41 Å². The smallest absolute Gasteiger partial charge is 0.311 e. The van der Waals surface area contributed by atoms with E-state index in [1.807, 2.05) is 0 Å². The van der Waals surface area contributed by atoms with Crippen LogP contribution in [0.15, 0.2) is 18.2 Å². The molecule has 1 aliphatic heterocycles. The lowest BCUT2D eigenvalue weighted by Crippen LogP contribution is -2.50. The highest BCUT2D eigenvalue weighted by Gasteiger charge is 2.42. The molecule has 1 unspecified atom stereocenters. The van der Waals surface area contributed by atoms with Crippen molar-refractivity contribution in [3.8, 4) is 0 Å². The van der Waals surface area contributed by atoms with Crippen LogP contribution in [0.3, 0.4) is 0 Å². The highest BCUT2D eigenvalue weighted by Crippen LogP contribution is 2.34. The Morgan fingerprint density at radius 1 is 1.33 bits per heavy atom. The van der Waals surface area contributed by atoms with Gasteiger partial charge in [-0.2, -0.15) is 0 Å². The van der Waals surface area contributed by atoms with E-state index in [0.717, 1.165) is 12.1 Å². The topological polar surface area (TPSA) is 57.6 Å². The number of piperidine rings is 1. The number of carbonyl (C=O) groups is 2. The van der Waals surface area contributed by atoms with E-state index < -0.39 is 34.5 Å². The first-order valence-electron chi connectivity index (χ1n) is 6.88. The van der Waals surface area contributed by atoms with Crippen LogP contribution in [0, 0.1) is 17.0 Å². The van der Waals surface area contributed by atoms with Gasteiger partial charge >= 0.3 is 5.97 Å². The van der Waals surface area contributed by atoms with E-state index in [4.69, 9.17) is 0 Å². The third-order valence-electron chi connectivity index (χ3n) is 4.17. The number of benzene rings is 1. The number of rotatable bonds is 3. The summed E-state index contributed by atoms with van der Waals surface area (Å²) < 4.78 is 27.4. The van der Waals surface area contributed by atoms with Gasteiger partial charge in [0, 0.05) is 13.1 Å². The van der Waals surface area contributed by atoms with Crippen molar-refractivity contribution in [2.45, 2.75) is 26.2 Å². The van der Waals surface area contributed by atoms with Gasteiger partial charge in [0.25, 0.3) is 5.91 Å². The molecule has 1 aliphatic rings. The molecule has 1 aromatic carbocycles. The van der Waals surface area contributed by atoms with Crippen molar-refractivity contribution in [1.82, 2.24) is 4.90 Å². The maximum absolute atomic E-state index is 13.7. The number of halogens is 2. The molecule has 4 nitrogen and oxygen atoms in total. The Morgan fingerprint density at radius 3 is 2.48 bits per heavy atom. The van der Waals surface area contributed by atoms with Crippen molar-refractivity contribution < 1.29 is 23.5 Å². The number of hydrogen-bond donors (Lipinski definition) is 1. The fourth-order valence-electron chi connectivity index (χ4n) is 2.78. The minimum absolute atomic E-state index is 0.0224. The third-order valence-corrected chi connectivity index (χ3v) is 4.17. The van der Waals surface area contributed by atoms with Crippen LogP contribution in [-0.2, 0) is 4.79 Å². The van der Waals surface area contributed by atoms with Gasteiger partial charge in [-0.15, -0.1) is 0 Å². The Bertz CT molecular complexity index is 556. The first-order valence-corrected chi connectivity index (χ1v) is 6.88. The molecule has 1 heterocycles.